The molecular formula is C16H25F3IN3O2. The van der Waals surface area contributed by atoms with Gasteiger partial charge in [0.25, 0.3) is 0 Å². The lowest BCUT2D eigenvalue weighted by Gasteiger charge is -2.13. The van der Waals surface area contributed by atoms with E-state index in [0.29, 0.717) is 37.9 Å². The molecule has 0 aliphatic heterocycles. The molecule has 0 amide bonds. The molecule has 1 aromatic carbocycles. The highest BCUT2D eigenvalue weighted by atomic mass is 127. The van der Waals surface area contributed by atoms with Gasteiger partial charge in [-0.05, 0) is 24.1 Å². The molecule has 9 heteroatoms. The van der Waals surface area contributed by atoms with Crippen LogP contribution in [-0.2, 0) is 22.2 Å². The molecule has 5 nitrogen and oxygen atoms in total. The van der Waals surface area contributed by atoms with Crippen LogP contribution >= 0.6 is 24.0 Å². The number of rotatable bonds is 9. The van der Waals surface area contributed by atoms with E-state index >= 15 is 0 Å². The summed E-state index contributed by atoms with van der Waals surface area (Å²) in [6, 6.07) is 5.22. The van der Waals surface area contributed by atoms with Crippen LogP contribution in [0.2, 0.25) is 0 Å². The fraction of sp³-hybridized carbons (Fsp3) is 0.562. The Hall–Kier alpha value is -1.07. The van der Waals surface area contributed by atoms with Crippen molar-refractivity contribution in [2.24, 2.45) is 4.99 Å². The Kier molecular flexibility index (Phi) is 12.6. The van der Waals surface area contributed by atoms with Crippen molar-refractivity contribution in [2.45, 2.75) is 19.1 Å². The average molecular weight is 475 g/mol. The fourth-order valence-corrected chi connectivity index (χ4v) is 1.89. The number of aliphatic imine (C=N–C) groups is 1. The molecule has 0 fully saturated rings. The number of nitrogens with one attached hydrogen (secondary N) is 2. The molecule has 144 valence electrons. The van der Waals surface area contributed by atoms with Crippen molar-refractivity contribution in [1.29, 1.82) is 0 Å². The smallest absolute Gasteiger partial charge is 0.382 e. The zero-order chi connectivity index (χ0) is 17.8. The van der Waals surface area contributed by atoms with E-state index in [1.54, 1.807) is 20.2 Å². The van der Waals surface area contributed by atoms with Crippen LogP contribution in [0.1, 0.15) is 17.5 Å². The van der Waals surface area contributed by atoms with Gasteiger partial charge in [0.15, 0.2) is 5.96 Å². The Morgan fingerprint density at radius 1 is 1.16 bits per heavy atom. The van der Waals surface area contributed by atoms with Crippen molar-refractivity contribution in [3.8, 4) is 0 Å². The van der Waals surface area contributed by atoms with Crippen LogP contribution in [0.5, 0.6) is 0 Å². The van der Waals surface area contributed by atoms with Gasteiger partial charge in [0.2, 0.25) is 0 Å². The molecule has 0 aromatic heterocycles. The highest BCUT2D eigenvalue weighted by Gasteiger charge is 2.30. The molecule has 0 unspecified atom stereocenters. The summed E-state index contributed by atoms with van der Waals surface area (Å²) in [6.07, 6.45) is -3.55. The Balaban J connectivity index is 0.00000576. The molecule has 0 spiro atoms. The molecule has 0 saturated heterocycles. The molecule has 1 rings (SSSR count). The van der Waals surface area contributed by atoms with E-state index in [0.717, 1.165) is 18.6 Å². The SMILES string of the molecule is CN=C(NCCCOCCOC)NCc1cccc(C(F)(F)F)c1.I. The lowest BCUT2D eigenvalue weighted by molar-refractivity contribution is -0.137. The molecule has 0 radical (unpaired) electrons. The standard InChI is InChI=1S/C16H24F3N3O2.HI/c1-20-15(21-7-4-8-24-10-9-23-2)22-12-13-5-3-6-14(11-13)16(17,18)19;/h3,5-6,11H,4,7-10,12H2,1-2H3,(H2,20,21,22);1H. The summed E-state index contributed by atoms with van der Waals surface area (Å²) in [5.41, 5.74) is -0.117. The van der Waals surface area contributed by atoms with Crippen LogP contribution < -0.4 is 10.6 Å². The Bertz CT molecular complexity index is 514. The Morgan fingerprint density at radius 2 is 1.92 bits per heavy atom. The second-order valence-electron chi connectivity index (χ2n) is 5.01. The van der Waals surface area contributed by atoms with E-state index in [2.05, 4.69) is 15.6 Å². The minimum absolute atomic E-state index is 0. The first-order valence-electron chi connectivity index (χ1n) is 7.64. The summed E-state index contributed by atoms with van der Waals surface area (Å²) in [5.74, 6) is 0.532. The van der Waals surface area contributed by atoms with Gasteiger partial charge < -0.3 is 20.1 Å². The molecule has 0 heterocycles. The third-order valence-corrected chi connectivity index (χ3v) is 3.13. The van der Waals surface area contributed by atoms with Crippen molar-refractivity contribution < 1.29 is 22.6 Å². The van der Waals surface area contributed by atoms with Crippen molar-refractivity contribution in [2.75, 3.05) is 40.5 Å². The van der Waals surface area contributed by atoms with Gasteiger partial charge in [-0.1, -0.05) is 12.1 Å². The summed E-state index contributed by atoms with van der Waals surface area (Å²) >= 11 is 0. The van der Waals surface area contributed by atoms with Gasteiger partial charge in [-0.15, -0.1) is 24.0 Å². The summed E-state index contributed by atoms with van der Waals surface area (Å²) < 4.78 is 48.2. The van der Waals surface area contributed by atoms with Gasteiger partial charge >= 0.3 is 6.18 Å². The summed E-state index contributed by atoms with van der Waals surface area (Å²) in [5, 5.41) is 6.07. The molecule has 2 N–H and O–H groups in total. The van der Waals surface area contributed by atoms with Crippen molar-refractivity contribution >= 4 is 29.9 Å². The van der Waals surface area contributed by atoms with Crippen molar-refractivity contribution in [3.63, 3.8) is 0 Å². The summed E-state index contributed by atoms with van der Waals surface area (Å²) in [6.45, 7) is 2.62. The van der Waals surface area contributed by atoms with E-state index < -0.39 is 11.7 Å². The van der Waals surface area contributed by atoms with Crippen LogP contribution in [0.25, 0.3) is 0 Å². The van der Waals surface area contributed by atoms with Gasteiger partial charge in [-0.25, -0.2) is 0 Å². The van der Waals surface area contributed by atoms with E-state index in [-0.39, 0.29) is 30.5 Å². The second-order valence-corrected chi connectivity index (χ2v) is 5.01. The number of nitrogens with zero attached hydrogens (tertiary/aromatic N) is 1. The maximum atomic E-state index is 12.7. The van der Waals surface area contributed by atoms with Gasteiger partial charge in [0, 0.05) is 33.9 Å². The molecule has 25 heavy (non-hydrogen) atoms. The largest absolute Gasteiger partial charge is 0.416 e. The molecular weight excluding hydrogens is 450 g/mol. The monoisotopic (exact) mass is 475 g/mol. The fourth-order valence-electron chi connectivity index (χ4n) is 1.89. The lowest BCUT2D eigenvalue weighted by atomic mass is 10.1. The minimum atomic E-state index is -4.33. The Morgan fingerprint density at radius 3 is 2.56 bits per heavy atom. The van der Waals surface area contributed by atoms with E-state index in [4.69, 9.17) is 9.47 Å². The van der Waals surface area contributed by atoms with Crippen LogP contribution in [0.15, 0.2) is 29.3 Å². The molecule has 1 aromatic rings. The van der Waals surface area contributed by atoms with Crippen molar-refractivity contribution in [3.05, 3.63) is 35.4 Å². The number of guanidine groups is 1. The predicted molar refractivity (Wildman–Crippen MR) is 102 cm³/mol. The van der Waals surface area contributed by atoms with Gasteiger partial charge in [0.05, 0.1) is 18.8 Å². The maximum absolute atomic E-state index is 12.7. The molecule has 0 aliphatic rings. The number of hydrogen-bond donors (Lipinski definition) is 2. The van der Waals surface area contributed by atoms with Crippen LogP contribution in [0, 0.1) is 0 Å². The first-order chi connectivity index (χ1) is 11.5. The first kappa shape index (κ1) is 23.9. The van der Waals surface area contributed by atoms with E-state index in [1.807, 2.05) is 0 Å². The zero-order valence-electron chi connectivity index (χ0n) is 14.4. The van der Waals surface area contributed by atoms with E-state index in [1.165, 1.54) is 6.07 Å². The topological polar surface area (TPSA) is 54.9 Å². The lowest BCUT2D eigenvalue weighted by Crippen LogP contribution is -2.37. The predicted octanol–water partition coefficient (Wildman–Crippen LogP) is 3.04. The number of alkyl halides is 3. The van der Waals surface area contributed by atoms with Crippen LogP contribution in [-0.4, -0.2) is 46.5 Å². The number of hydrogen-bond acceptors (Lipinski definition) is 3. The summed E-state index contributed by atoms with van der Waals surface area (Å²) in [7, 11) is 3.22. The number of halogens is 4. The molecule has 0 saturated carbocycles. The minimum Gasteiger partial charge on any atom is -0.382 e. The number of benzene rings is 1. The van der Waals surface area contributed by atoms with Gasteiger partial charge in [-0.3, -0.25) is 4.99 Å². The third kappa shape index (κ3) is 10.5. The van der Waals surface area contributed by atoms with Gasteiger partial charge in [0.1, 0.15) is 0 Å². The number of methoxy groups -OCH3 is 1. The zero-order valence-corrected chi connectivity index (χ0v) is 16.7. The van der Waals surface area contributed by atoms with Crippen LogP contribution in [0.4, 0.5) is 13.2 Å². The van der Waals surface area contributed by atoms with Gasteiger partial charge in [-0.2, -0.15) is 13.2 Å². The second kappa shape index (κ2) is 13.2. The molecule has 0 aliphatic carbocycles. The molecule has 0 bridgehead atoms. The first-order valence-corrected chi connectivity index (χ1v) is 7.64. The maximum Gasteiger partial charge on any atom is 0.416 e. The highest BCUT2D eigenvalue weighted by Crippen LogP contribution is 2.29. The Labute approximate surface area is 163 Å². The van der Waals surface area contributed by atoms with Crippen LogP contribution in [0.3, 0.4) is 0 Å². The summed E-state index contributed by atoms with van der Waals surface area (Å²) in [4.78, 5) is 4.03. The third-order valence-electron chi connectivity index (χ3n) is 3.13. The molecule has 0 atom stereocenters. The van der Waals surface area contributed by atoms with E-state index in [9.17, 15) is 13.2 Å². The normalized spacial score (nSPS) is 11.8. The highest BCUT2D eigenvalue weighted by molar-refractivity contribution is 14.0. The number of ether oxygens (including phenoxy) is 2. The average Bonchev–Trinajstić information content (AvgIpc) is 2.56. The quantitative estimate of drug-likeness (QED) is 0.250. The van der Waals surface area contributed by atoms with Crippen molar-refractivity contribution in [1.82, 2.24) is 10.6 Å².